The lowest BCUT2D eigenvalue weighted by molar-refractivity contribution is -0.148. The number of carbonyl (C=O) groups excluding carboxylic acids is 3. The maximum atomic E-state index is 11.9. The predicted molar refractivity (Wildman–Crippen MR) is 61.2 cm³/mol. The number of ether oxygens (including phenoxy) is 1. The highest BCUT2D eigenvalue weighted by Gasteiger charge is 2.32. The van der Waals surface area contributed by atoms with Gasteiger partial charge in [0.2, 0.25) is 5.91 Å². The van der Waals surface area contributed by atoms with Gasteiger partial charge in [-0.25, -0.2) is 0 Å². The van der Waals surface area contributed by atoms with E-state index in [0.717, 1.165) is 6.42 Å². The van der Waals surface area contributed by atoms with Crippen LogP contribution >= 0.6 is 0 Å². The Morgan fingerprint density at radius 2 is 2.18 bits per heavy atom. The molecular formula is C12H19NO4. The molecule has 0 aliphatic carbocycles. The number of nitrogens with zero attached hydrogens (tertiary/aromatic N) is 1. The number of ketones is 1. The third-order valence-electron chi connectivity index (χ3n) is 2.88. The highest BCUT2D eigenvalue weighted by atomic mass is 16.5. The SMILES string of the molecule is CCOC(=O)CN1CCC(CCC(C)=O)C1=O. The van der Waals surface area contributed by atoms with Crippen LogP contribution in [0.1, 0.15) is 33.1 Å². The number of amides is 1. The van der Waals surface area contributed by atoms with Gasteiger partial charge in [-0.05, 0) is 26.7 Å². The van der Waals surface area contributed by atoms with Crippen LogP contribution in [0.25, 0.3) is 0 Å². The summed E-state index contributed by atoms with van der Waals surface area (Å²) in [6.45, 7) is 4.20. The van der Waals surface area contributed by atoms with Gasteiger partial charge in [-0.2, -0.15) is 0 Å². The second-order valence-electron chi connectivity index (χ2n) is 4.29. The fourth-order valence-electron chi connectivity index (χ4n) is 1.97. The van der Waals surface area contributed by atoms with Crippen molar-refractivity contribution in [2.24, 2.45) is 5.92 Å². The second-order valence-corrected chi connectivity index (χ2v) is 4.29. The molecule has 0 aromatic carbocycles. The molecule has 0 aromatic rings. The molecule has 1 aliphatic heterocycles. The molecule has 1 atom stereocenters. The molecule has 1 fully saturated rings. The molecule has 0 saturated carbocycles. The van der Waals surface area contributed by atoms with Crippen molar-refractivity contribution < 1.29 is 19.1 Å². The van der Waals surface area contributed by atoms with Crippen molar-refractivity contribution in [3.05, 3.63) is 0 Å². The third-order valence-corrected chi connectivity index (χ3v) is 2.88. The van der Waals surface area contributed by atoms with Gasteiger partial charge in [0.25, 0.3) is 0 Å². The minimum Gasteiger partial charge on any atom is -0.465 e. The molecule has 1 aliphatic rings. The molecule has 17 heavy (non-hydrogen) atoms. The van der Waals surface area contributed by atoms with Gasteiger partial charge in [-0.3, -0.25) is 9.59 Å². The van der Waals surface area contributed by atoms with E-state index in [0.29, 0.717) is 26.0 Å². The average molecular weight is 241 g/mol. The normalized spacial score (nSPS) is 19.5. The highest BCUT2D eigenvalue weighted by molar-refractivity contribution is 5.85. The fraction of sp³-hybridized carbons (Fsp3) is 0.750. The summed E-state index contributed by atoms with van der Waals surface area (Å²) in [5.74, 6) is -0.401. The molecule has 0 N–H and O–H groups in total. The first kappa shape index (κ1) is 13.7. The number of rotatable bonds is 6. The number of Topliss-reactive ketones (excluding diaryl/α,β-unsaturated/α-hetero) is 1. The largest absolute Gasteiger partial charge is 0.465 e. The van der Waals surface area contributed by atoms with Crippen molar-refractivity contribution in [1.82, 2.24) is 4.90 Å². The zero-order valence-electron chi connectivity index (χ0n) is 10.4. The van der Waals surface area contributed by atoms with E-state index in [1.165, 1.54) is 11.8 Å². The number of carbonyl (C=O) groups is 3. The molecule has 0 spiro atoms. The average Bonchev–Trinajstić information content (AvgIpc) is 2.58. The molecule has 1 rings (SSSR count). The Morgan fingerprint density at radius 3 is 2.76 bits per heavy atom. The molecule has 1 heterocycles. The minimum absolute atomic E-state index is 0.0284. The highest BCUT2D eigenvalue weighted by Crippen LogP contribution is 2.22. The van der Waals surface area contributed by atoms with E-state index in [9.17, 15) is 14.4 Å². The Morgan fingerprint density at radius 1 is 1.47 bits per heavy atom. The zero-order chi connectivity index (χ0) is 12.8. The Hall–Kier alpha value is -1.39. The van der Waals surface area contributed by atoms with Gasteiger partial charge in [0.05, 0.1) is 6.61 Å². The number of hydrogen-bond donors (Lipinski definition) is 0. The smallest absolute Gasteiger partial charge is 0.325 e. The van der Waals surface area contributed by atoms with Crippen molar-refractivity contribution in [3.8, 4) is 0 Å². The van der Waals surface area contributed by atoms with Crippen molar-refractivity contribution in [3.63, 3.8) is 0 Å². The van der Waals surface area contributed by atoms with Gasteiger partial charge < -0.3 is 14.4 Å². The lowest BCUT2D eigenvalue weighted by atomic mass is 10.0. The third kappa shape index (κ3) is 4.17. The van der Waals surface area contributed by atoms with E-state index in [1.807, 2.05) is 0 Å². The molecule has 5 heteroatoms. The maximum Gasteiger partial charge on any atom is 0.325 e. The Labute approximate surface area is 101 Å². The lowest BCUT2D eigenvalue weighted by Crippen LogP contribution is -2.33. The van der Waals surface area contributed by atoms with E-state index in [-0.39, 0.29) is 30.1 Å². The van der Waals surface area contributed by atoms with Crippen molar-refractivity contribution in [2.75, 3.05) is 19.7 Å². The van der Waals surface area contributed by atoms with Gasteiger partial charge in [0.15, 0.2) is 0 Å². The molecule has 0 bridgehead atoms. The Kier molecular flexibility index (Phi) is 5.12. The molecule has 5 nitrogen and oxygen atoms in total. The van der Waals surface area contributed by atoms with Crippen LogP contribution in [-0.2, 0) is 19.1 Å². The van der Waals surface area contributed by atoms with E-state index in [4.69, 9.17) is 4.74 Å². The maximum absolute atomic E-state index is 11.9. The first-order chi connectivity index (χ1) is 8.04. The van der Waals surface area contributed by atoms with E-state index < -0.39 is 0 Å². The van der Waals surface area contributed by atoms with Crippen LogP contribution in [0.3, 0.4) is 0 Å². The van der Waals surface area contributed by atoms with Crippen LogP contribution in [0.15, 0.2) is 0 Å². The standard InChI is InChI=1S/C12H19NO4/c1-3-17-11(15)8-13-7-6-10(12(13)16)5-4-9(2)14/h10H,3-8H2,1-2H3. The predicted octanol–water partition coefficient (Wildman–Crippen LogP) is 0.767. The zero-order valence-corrected chi connectivity index (χ0v) is 10.4. The molecule has 0 aromatic heterocycles. The lowest BCUT2D eigenvalue weighted by Gasteiger charge is -2.15. The van der Waals surface area contributed by atoms with Crippen molar-refractivity contribution in [2.45, 2.75) is 33.1 Å². The fourth-order valence-corrected chi connectivity index (χ4v) is 1.97. The Balaban J connectivity index is 2.38. The van der Waals surface area contributed by atoms with Crippen molar-refractivity contribution >= 4 is 17.7 Å². The summed E-state index contributed by atoms with van der Waals surface area (Å²) < 4.78 is 4.80. The molecule has 0 radical (unpaired) electrons. The molecule has 1 saturated heterocycles. The van der Waals surface area contributed by atoms with Crippen LogP contribution in [0, 0.1) is 5.92 Å². The van der Waals surface area contributed by atoms with Crippen LogP contribution in [0.2, 0.25) is 0 Å². The van der Waals surface area contributed by atoms with Crippen LogP contribution in [0.5, 0.6) is 0 Å². The molecule has 1 unspecified atom stereocenters. The van der Waals surface area contributed by atoms with Gasteiger partial charge in [-0.15, -0.1) is 0 Å². The second kappa shape index (κ2) is 6.37. The van der Waals surface area contributed by atoms with Crippen LogP contribution in [-0.4, -0.2) is 42.3 Å². The summed E-state index contributed by atoms with van der Waals surface area (Å²) >= 11 is 0. The topological polar surface area (TPSA) is 63.7 Å². The number of esters is 1. The van der Waals surface area contributed by atoms with Gasteiger partial charge in [0, 0.05) is 18.9 Å². The molecular weight excluding hydrogens is 222 g/mol. The van der Waals surface area contributed by atoms with E-state index in [1.54, 1.807) is 6.92 Å². The number of likely N-dealkylation sites (tertiary alicyclic amines) is 1. The van der Waals surface area contributed by atoms with Gasteiger partial charge >= 0.3 is 5.97 Å². The summed E-state index contributed by atoms with van der Waals surface area (Å²) in [6, 6.07) is 0. The van der Waals surface area contributed by atoms with Crippen LogP contribution < -0.4 is 0 Å². The summed E-state index contributed by atoms with van der Waals surface area (Å²) in [7, 11) is 0. The first-order valence-electron chi connectivity index (χ1n) is 5.98. The van der Waals surface area contributed by atoms with Crippen LogP contribution in [0.4, 0.5) is 0 Å². The van der Waals surface area contributed by atoms with Gasteiger partial charge in [0.1, 0.15) is 12.3 Å². The summed E-state index contributed by atoms with van der Waals surface area (Å²) in [5, 5.41) is 0. The molecule has 1 amide bonds. The van der Waals surface area contributed by atoms with Crippen molar-refractivity contribution in [1.29, 1.82) is 0 Å². The van der Waals surface area contributed by atoms with E-state index in [2.05, 4.69) is 0 Å². The number of hydrogen-bond acceptors (Lipinski definition) is 4. The summed E-state index contributed by atoms with van der Waals surface area (Å²) in [5.41, 5.74) is 0. The van der Waals surface area contributed by atoms with E-state index >= 15 is 0 Å². The van der Waals surface area contributed by atoms with Gasteiger partial charge in [-0.1, -0.05) is 0 Å². The summed E-state index contributed by atoms with van der Waals surface area (Å²) in [4.78, 5) is 35.5. The monoisotopic (exact) mass is 241 g/mol. The first-order valence-corrected chi connectivity index (χ1v) is 5.98. The minimum atomic E-state index is -0.368. The Bertz CT molecular complexity index is 314. The summed E-state index contributed by atoms with van der Waals surface area (Å²) in [6.07, 6.45) is 1.75. The quantitative estimate of drug-likeness (QED) is 0.644. The molecule has 96 valence electrons.